The largest absolute Gasteiger partial charge is 0.463 e. The SMILES string of the molecule is CN(C)c1nc2n(/c(=N\NC(=O)c3ccccc3)n1)CCO2. The molecule has 0 unspecified atom stereocenters. The number of carbonyl (C=O) groups excluding carboxylic acids is 1. The molecule has 114 valence electrons. The summed E-state index contributed by atoms with van der Waals surface area (Å²) in [4.78, 5) is 22.4. The first-order chi connectivity index (χ1) is 10.6. The van der Waals surface area contributed by atoms with E-state index in [0.717, 1.165) is 0 Å². The number of fused-ring (bicyclic) bond motifs is 1. The van der Waals surface area contributed by atoms with Crippen molar-refractivity contribution in [1.29, 1.82) is 0 Å². The molecule has 22 heavy (non-hydrogen) atoms. The number of nitrogens with zero attached hydrogens (tertiary/aromatic N) is 5. The lowest BCUT2D eigenvalue weighted by molar-refractivity contribution is 0.0952. The van der Waals surface area contributed by atoms with Gasteiger partial charge in [-0.3, -0.25) is 9.36 Å². The third-order valence-electron chi connectivity index (χ3n) is 3.11. The van der Waals surface area contributed by atoms with Gasteiger partial charge in [0.1, 0.15) is 6.61 Å². The number of ether oxygens (including phenoxy) is 1. The summed E-state index contributed by atoms with van der Waals surface area (Å²) in [6.45, 7) is 1.11. The van der Waals surface area contributed by atoms with Crippen molar-refractivity contribution in [3.63, 3.8) is 0 Å². The zero-order chi connectivity index (χ0) is 15.5. The summed E-state index contributed by atoms with van der Waals surface area (Å²) in [5.74, 6) is 0.180. The Morgan fingerprint density at radius 2 is 2.09 bits per heavy atom. The second kappa shape index (κ2) is 5.84. The third-order valence-corrected chi connectivity index (χ3v) is 3.11. The zero-order valence-electron chi connectivity index (χ0n) is 12.4. The van der Waals surface area contributed by atoms with Crippen molar-refractivity contribution >= 4 is 11.9 Å². The van der Waals surface area contributed by atoms with Gasteiger partial charge in [-0.2, -0.15) is 9.97 Å². The van der Waals surface area contributed by atoms with E-state index in [9.17, 15) is 4.79 Å². The Bertz CT molecular complexity index is 754. The first-order valence-corrected chi connectivity index (χ1v) is 6.83. The minimum absolute atomic E-state index is 0.293. The predicted octanol–water partition coefficient (Wildman–Crippen LogP) is -0.0178. The summed E-state index contributed by atoms with van der Waals surface area (Å²) in [5, 5.41) is 4.10. The normalized spacial score (nSPS) is 13.5. The van der Waals surface area contributed by atoms with Crippen LogP contribution in [0, 0.1) is 0 Å². The first-order valence-electron chi connectivity index (χ1n) is 6.83. The van der Waals surface area contributed by atoms with Gasteiger partial charge in [-0.15, -0.1) is 5.10 Å². The van der Waals surface area contributed by atoms with Crippen LogP contribution < -0.4 is 20.7 Å². The molecule has 0 spiro atoms. The fourth-order valence-electron chi connectivity index (χ4n) is 1.98. The first kappa shape index (κ1) is 14.1. The molecule has 0 saturated carbocycles. The minimum Gasteiger partial charge on any atom is -0.463 e. The molecule has 0 bridgehead atoms. The van der Waals surface area contributed by atoms with E-state index in [-0.39, 0.29) is 5.91 Å². The second-order valence-corrected chi connectivity index (χ2v) is 4.92. The summed E-state index contributed by atoms with van der Waals surface area (Å²) >= 11 is 0. The molecule has 1 N–H and O–H groups in total. The summed E-state index contributed by atoms with van der Waals surface area (Å²) in [6, 6.07) is 9.33. The standard InChI is InChI=1S/C14H16N6O2/c1-19(2)12-15-13(20-8-9-22-14(20)16-12)18-17-11(21)10-6-4-3-5-7-10/h3-7H,8-9H2,1-2H3,(H,17,21)/b18-13-. The van der Waals surface area contributed by atoms with Crippen molar-refractivity contribution in [1.82, 2.24) is 20.0 Å². The summed E-state index contributed by atoms with van der Waals surface area (Å²) in [5.41, 5.74) is 3.40. The fraction of sp³-hybridized carbons (Fsp3) is 0.286. The van der Waals surface area contributed by atoms with Crippen molar-refractivity contribution < 1.29 is 9.53 Å². The number of rotatable bonds is 3. The van der Waals surface area contributed by atoms with Crippen LogP contribution in [-0.4, -0.2) is 41.1 Å². The van der Waals surface area contributed by atoms with E-state index in [4.69, 9.17) is 4.74 Å². The molecule has 3 rings (SSSR count). The second-order valence-electron chi connectivity index (χ2n) is 4.92. The van der Waals surface area contributed by atoms with Crippen LogP contribution in [0.5, 0.6) is 6.01 Å². The fourth-order valence-corrected chi connectivity index (χ4v) is 1.98. The number of benzene rings is 1. The Kier molecular flexibility index (Phi) is 3.73. The predicted molar refractivity (Wildman–Crippen MR) is 79.3 cm³/mol. The maximum atomic E-state index is 12.0. The quantitative estimate of drug-likeness (QED) is 0.805. The molecule has 1 aliphatic heterocycles. The van der Waals surface area contributed by atoms with Gasteiger partial charge in [0, 0.05) is 19.7 Å². The molecule has 0 atom stereocenters. The summed E-state index contributed by atoms with van der Waals surface area (Å²) in [7, 11) is 3.65. The van der Waals surface area contributed by atoms with E-state index in [1.165, 1.54) is 0 Å². The number of nitrogens with one attached hydrogen (secondary N) is 1. The van der Waals surface area contributed by atoms with Crippen LogP contribution in [-0.2, 0) is 6.54 Å². The maximum absolute atomic E-state index is 12.0. The van der Waals surface area contributed by atoms with Crippen LogP contribution in [0.2, 0.25) is 0 Å². The topological polar surface area (TPSA) is 84.6 Å². The number of amides is 1. The van der Waals surface area contributed by atoms with Crippen LogP contribution in [0.25, 0.3) is 0 Å². The summed E-state index contributed by atoms with van der Waals surface area (Å²) in [6.07, 6.45) is 0. The highest BCUT2D eigenvalue weighted by Crippen LogP contribution is 2.13. The van der Waals surface area contributed by atoms with Crippen molar-refractivity contribution in [2.75, 3.05) is 25.6 Å². The highest BCUT2D eigenvalue weighted by molar-refractivity contribution is 5.93. The molecule has 1 amide bonds. The van der Waals surface area contributed by atoms with Gasteiger partial charge < -0.3 is 9.64 Å². The van der Waals surface area contributed by atoms with Gasteiger partial charge in [-0.05, 0) is 12.1 Å². The van der Waals surface area contributed by atoms with E-state index in [1.54, 1.807) is 33.7 Å². The molecular weight excluding hydrogens is 284 g/mol. The third kappa shape index (κ3) is 2.76. The Balaban J connectivity index is 1.92. The summed E-state index contributed by atoms with van der Waals surface area (Å²) < 4.78 is 7.15. The lowest BCUT2D eigenvalue weighted by atomic mass is 10.2. The number of anilines is 1. The van der Waals surface area contributed by atoms with Crippen LogP contribution in [0.3, 0.4) is 0 Å². The molecule has 1 aromatic heterocycles. The number of hydrogen-bond donors (Lipinski definition) is 1. The molecule has 8 heteroatoms. The number of carbonyl (C=O) groups is 1. The van der Waals surface area contributed by atoms with Gasteiger partial charge in [0.15, 0.2) is 0 Å². The van der Waals surface area contributed by atoms with Gasteiger partial charge in [0.25, 0.3) is 11.5 Å². The van der Waals surface area contributed by atoms with Crippen LogP contribution in [0.15, 0.2) is 35.4 Å². The van der Waals surface area contributed by atoms with Crippen molar-refractivity contribution in [3.05, 3.63) is 41.5 Å². The minimum atomic E-state index is -0.293. The number of aromatic nitrogens is 3. The van der Waals surface area contributed by atoms with Crippen LogP contribution >= 0.6 is 0 Å². The van der Waals surface area contributed by atoms with Crippen molar-refractivity contribution in [2.24, 2.45) is 5.10 Å². The van der Waals surface area contributed by atoms with E-state index < -0.39 is 0 Å². The van der Waals surface area contributed by atoms with Gasteiger partial charge in [-0.1, -0.05) is 18.2 Å². The van der Waals surface area contributed by atoms with E-state index in [1.807, 2.05) is 20.2 Å². The van der Waals surface area contributed by atoms with Gasteiger partial charge in [-0.25, -0.2) is 5.43 Å². The molecule has 2 heterocycles. The van der Waals surface area contributed by atoms with Gasteiger partial charge >= 0.3 is 6.01 Å². The van der Waals surface area contributed by atoms with E-state index >= 15 is 0 Å². The Labute approximate surface area is 127 Å². The van der Waals surface area contributed by atoms with Gasteiger partial charge in [0.05, 0.1) is 6.54 Å². The molecule has 0 saturated heterocycles. The Hall–Kier alpha value is -2.90. The van der Waals surface area contributed by atoms with Crippen molar-refractivity contribution in [2.45, 2.75) is 6.54 Å². The average Bonchev–Trinajstić information content (AvgIpc) is 3.01. The van der Waals surface area contributed by atoms with Crippen molar-refractivity contribution in [3.8, 4) is 6.01 Å². The molecule has 0 radical (unpaired) electrons. The van der Waals surface area contributed by atoms with E-state index in [0.29, 0.717) is 36.3 Å². The van der Waals surface area contributed by atoms with E-state index in [2.05, 4.69) is 20.5 Å². The van der Waals surface area contributed by atoms with Gasteiger partial charge in [0.2, 0.25) is 5.95 Å². The molecule has 0 aliphatic carbocycles. The zero-order valence-corrected chi connectivity index (χ0v) is 12.4. The molecule has 8 nitrogen and oxygen atoms in total. The van der Waals surface area contributed by atoms with Crippen LogP contribution in [0.4, 0.5) is 5.95 Å². The Morgan fingerprint density at radius 3 is 2.82 bits per heavy atom. The Morgan fingerprint density at radius 1 is 1.32 bits per heavy atom. The smallest absolute Gasteiger partial charge is 0.302 e. The highest BCUT2D eigenvalue weighted by atomic mass is 16.5. The molecule has 1 aromatic carbocycles. The lowest BCUT2D eigenvalue weighted by Gasteiger charge is -2.11. The number of hydrogen-bond acceptors (Lipinski definition) is 6. The average molecular weight is 300 g/mol. The molecule has 1 aliphatic rings. The monoisotopic (exact) mass is 300 g/mol. The highest BCUT2D eigenvalue weighted by Gasteiger charge is 2.17. The molecular formula is C14H16N6O2. The molecule has 0 fully saturated rings. The maximum Gasteiger partial charge on any atom is 0.302 e. The van der Waals surface area contributed by atoms with Crippen LogP contribution in [0.1, 0.15) is 10.4 Å². The molecule has 2 aromatic rings. The lowest BCUT2D eigenvalue weighted by Crippen LogP contribution is -2.31.